The molecule has 0 saturated heterocycles. The summed E-state index contributed by atoms with van der Waals surface area (Å²) in [7, 11) is 0. The van der Waals surface area contributed by atoms with Crippen molar-refractivity contribution in [1.29, 1.82) is 0 Å². The predicted molar refractivity (Wildman–Crippen MR) is 169 cm³/mol. The highest BCUT2D eigenvalue weighted by Gasteiger charge is 2.15. The van der Waals surface area contributed by atoms with E-state index >= 15 is 0 Å². The number of carbonyl (C=O) groups is 2. The van der Waals surface area contributed by atoms with Gasteiger partial charge in [-0.05, 0) is 123 Å². The summed E-state index contributed by atoms with van der Waals surface area (Å²) in [6.45, 7) is 7.60. The Morgan fingerprint density at radius 3 is 1.20 bits per heavy atom. The summed E-state index contributed by atoms with van der Waals surface area (Å²) in [5, 5.41) is 17.2. The van der Waals surface area contributed by atoms with Crippen molar-refractivity contribution in [3.63, 3.8) is 0 Å². The maximum absolute atomic E-state index is 12.8. The molecule has 0 atom stereocenters. The van der Waals surface area contributed by atoms with Crippen molar-refractivity contribution in [3.05, 3.63) is 143 Å². The molecular weight excluding hydrogens is 552 g/mol. The summed E-state index contributed by atoms with van der Waals surface area (Å²) in [4.78, 5) is 25.6. The Balaban J connectivity index is 1.19. The van der Waals surface area contributed by atoms with E-state index in [0.29, 0.717) is 34.0 Å². The Kier molecular flexibility index (Phi) is 9.10. The molecule has 44 heavy (non-hydrogen) atoms. The van der Waals surface area contributed by atoms with E-state index in [0.717, 1.165) is 33.6 Å². The largest absolute Gasteiger partial charge is 0.423 e. The summed E-state index contributed by atoms with van der Waals surface area (Å²) in [6.07, 6.45) is 0. The van der Waals surface area contributed by atoms with Crippen LogP contribution < -0.4 is 9.47 Å². The molecule has 5 rings (SSSR count). The van der Waals surface area contributed by atoms with E-state index in [4.69, 9.17) is 9.47 Å². The summed E-state index contributed by atoms with van der Waals surface area (Å²) >= 11 is 0. The van der Waals surface area contributed by atoms with E-state index in [1.54, 1.807) is 36.4 Å². The molecular formula is C36H30N4O4. The first kappa shape index (κ1) is 29.7. The molecule has 0 aromatic heterocycles. The van der Waals surface area contributed by atoms with Crippen LogP contribution in [-0.2, 0) is 0 Å². The van der Waals surface area contributed by atoms with Gasteiger partial charge in [-0.1, -0.05) is 36.4 Å². The minimum atomic E-state index is -0.548. The first-order chi connectivity index (χ1) is 21.3. The Bertz CT molecular complexity index is 1760. The molecule has 0 radical (unpaired) electrons. The molecule has 8 nitrogen and oxygen atoms in total. The molecule has 0 spiro atoms. The third kappa shape index (κ3) is 7.35. The number of hydrogen-bond donors (Lipinski definition) is 0. The van der Waals surface area contributed by atoms with Crippen molar-refractivity contribution < 1.29 is 19.1 Å². The van der Waals surface area contributed by atoms with Gasteiger partial charge in [-0.25, -0.2) is 9.59 Å². The van der Waals surface area contributed by atoms with Crippen LogP contribution in [0.15, 0.2) is 130 Å². The Morgan fingerprint density at radius 1 is 0.455 bits per heavy atom. The second-order valence-corrected chi connectivity index (χ2v) is 10.2. The lowest BCUT2D eigenvalue weighted by atomic mass is 10.1. The summed E-state index contributed by atoms with van der Waals surface area (Å²) in [5.41, 5.74) is 6.98. The van der Waals surface area contributed by atoms with Gasteiger partial charge in [0.15, 0.2) is 0 Å². The number of ether oxygens (including phenoxy) is 2. The van der Waals surface area contributed by atoms with Crippen molar-refractivity contribution in [2.75, 3.05) is 0 Å². The van der Waals surface area contributed by atoms with E-state index in [2.05, 4.69) is 20.5 Å². The lowest BCUT2D eigenvalue weighted by Gasteiger charge is -2.09. The van der Waals surface area contributed by atoms with Gasteiger partial charge in [-0.3, -0.25) is 0 Å². The molecule has 0 fully saturated rings. The fourth-order valence-electron chi connectivity index (χ4n) is 4.26. The van der Waals surface area contributed by atoms with Crippen molar-refractivity contribution in [2.24, 2.45) is 20.5 Å². The first-order valence-corrected chi connectivity index (χ1v) is 14.0. The number of nitrogens with zero attached hydrogens (tertiary/aromatic N) is 4. The highest BCUT2D eigenvalue weighted by molar-refractivity contribution is 5.95. The van der Waals surface area contributed by atoms with E-state index in [-0.39, 0.29) is 0 Å². The zero-order chi connectivity index (χ0) is 31.1. The van der Waals surface area contributed by atoms with E-state index in [9.17, 15) is 9.59 Å². The fourth-order valence-corrected chi connectivity index (χ4v) is 4.26. The topological polar surface area (TPSA) is 102 Å². The molecule has 5 aromatic carbocycles. The highest BCUT2D eigenvalue weighted by atomic mass is 16.5. The molecule has 0 aliphatic rings. The van der Waals surface area contributed by atoms with Gasteiger partial charge in [-0.15, -0.1) is 0 Å². The van der Waals surface area contributed by atoms with E-state index in [1.165, 1.54) is 24.3 Å². The first-order valence-electron chi connectivity index (χ1n) is 14.0. The zero-order valence-corrected chi connectivity index (χ0v) is 24.8. The number of rotatable bonds is 8. The van der Waals surface area contributed by atoms with Crippen molar-refractivity contribution in [1.82, 2.24) is 0 Å². The predicted octanol–water partition coefficient (Wildman–Crippen LogP) is 10.2. The van der Waals surface area contributed by atoms with Crippen LogP contribution in [0.1, 0.15) is 43.0 Å². The van der Waals surface area contributed by atoms with Crippen molar-refractivity contribution in [2.45, 2.75) is 27.7 Å². The molecule has 0 N–H and O–H groups in total. The van der Waals surface area contributed by atoms with Crippen LogP contribution in [0, 0.1) is 27.7 Å². The van der Waals surface area contributed by atoms with Gasteiger partial charge in [0.2, 0.25) is 0 Å². The van der Waals surface area contributed by atoms with Crippen LogP contribution in [-0.4, -0.2) is 11.9 Å². The second kappa shape index (κ2) is 13.5. The summed E-state index contributed by atoms with van der Waals surface area (Å²) in [6, 6.07) is 32.0. The summed E-state index contributed by atoms with van der Waals surface area (Å²) in [5.74, 6) is -0.279. The van der Waals surface area contributed by atoms with Crippen LogP contribution in [0.2, 0.25) is 0 Å². The van der Waals surface area contributed by atoms with Crippen LogP contribution in [0.5, 0.6) is 11.5 Å². The molecule has 218 valence electrons. The quantitative estimate of drug-likeness (QED) is 0.103. The lowest BCUT2D eigenvalue weighted by Crippen LogP contribution is -2.12. The molecule has 0 heterocycles. The standard InChI is InChI=1S/C36H30N4O4/c1-23-9-5-7-11-31(23)39-37-29-17-19-33(25(3)21-29)43-35(41)27-13-15-28(16-14-27)36(42)44-34-20-18-30(22-26(34)4)38-40-32-12-8-6-10-24(32)2/h5-22H,1-4H3/b39-37+,40-38+. The van der Waals surface area contributed by atoms with Crippen molar-refractivity contribution in [3.8, 4) is 11.5 Å². The number of esters is 2. The van der Waals surface area contributed by atoms with Gasteiger partial charge < -0.3 is 9.47 Å². The maximum atomic E-state index is 12.8. The lowest BCUT2D eigenvalue weighted by molar-refractivity contribution is 0.0719. The Morgan fingerprint density at radius 2 is 0.841 bits per heavy atom. The minimum absolute atomic E-state index is 0.295. The van der Waals surface area contributed by atoms with Crippen LogP contribution in [0.25, 0.3) is 0 Å². The zero-order valence-electron chi connectivity index (χ0n) is 24.8. The monoisotopic (exact) mass is 582 g/mol. The number of aryl methyl sites for hydroxylation is 4. The Hall–Kier alpha value is -5.76. The molecule has 5 aromatic rings. The van der Waals surface area contributed by atoms with Gasteiger partial charge in [0.25, 0.3) is 0 Å². The van der Waals surface area contributed by atoms with Gasteiger partial charge in [-0.2, -0.15) is 20.5 Å². The van der Waals surface area contributed by atoms with E-state index < -0.39 is 11.9 Å². The van der Waals surface area contributed by atoms with Crippen LogP contribution in [0.3, 0.4) is 0 Å². The number of azo groups is 2. The van der Waals surface area contributed by atoms with Crippen molar-refractivity contribution >= 4 is 34.7 Å². The average molecular weight is 583 g/mol. The molecule has 0 unspecified atom stereocenters. The smallest absolute Gasteiger partial charge is 0.343 e. The molecule has 8 heteroatoms. The average Bonchev–Trinajstić information content (AvgIpc) is 3.02. The highest BCUT2D eigenvalue weighted by Crippen LogP contribution is 2.29. The van der Waals surface area contributed by atoms with Gasteiger partial charge >= 0.3 is 11.9 Å². The second-order valence-electron chi connectivity index (χ2n) is 10.2. The molecule has 0 aliphatic heterocycles. The summed E-state index contributed by atoms with van der Waals surface area (Å²) < 4.78 is 11.2. The molecule has 0 bridgehead atoms. The SMILES string of the molecule is Cc1ccccc1/N=N/c1ccc(OC(=O)c2ccc(C(=O)Oc3ccc(/N=N/c4ccccc4C)cc3C)cc2)c(C)c1. The number of hydrogen-bond acceptors (Lipinski definition) is 8. The molecule has 0 amide bonds. The normalized spacial score (nSPS) is 11.2. The third-order valence-electron chi connectivity index (χ3n) is 6.86. The van der Waals surface area contributed by atoms with Gasteiger partial charge in [0.05, 0.1) is 33.9 Å². The molecule has 0 aliphatic carbocycles. The number of carbonyl (C=O) groups excluding carboxylic acids is 2. The fraction of sp³-hybridized carbons (Fsp3) is 0.111. The minimum Gasteiger partial charge on any atom is -0.423 e. The van der Waals surface area contributed by atoms with Crippen LogP contribution >= 0.6 is 0 Å². The van der Waals surface area contributed by atoms with Gasteiger partial charge in [0, 0.05) is 0 Å². The van der Waals surface area contributed by atoms with Gasteiger partial charge in [0.1, 0.15) is 11.5 Å². The third-order valence-corrected chi connectivity index (χ3v) is 6.86. The van der Waals surface area contributed by atoms with E-state index in [1.807, 2.05) is 76.2 Å². The van der Waals surface area contributed by atoms with Crippen LogP contribution in [0.4, 0.5) is 22.7 Å². The Labute approximate surface area is 255 Å². The maximum Gasteiger partial charge on any atom is 0.343 e. The molecule has 0 saturated carbocycles. The number of benzene rings is 5.